The predicted octanol–water partition coefficient (Wildman–Crippen LogP) is 6.42. The number of rotatable bonds is 9. The lowest BCUT2D eigenvalue weighted by molar-refractivity contribution is 0.0783. The van der Waals surface area contributed by atoms with Gasteiger partial charge in [0.15, 0.2) is 23.2 Å². The summed E-state index contributed by atoms with van der Waals surface area (Å²) < 4.78 is 32.6. The number of anilines is 2. The quantitative estimate of drug-likeness (QED) is 0.206. The lowest BCUT2D eigenvalue weighted by atomic mass is 9.87. The molecular formula is C25H28ClF2N5O2. The van der Waals surface area contributed by atoms with Gasteiger partial charge in [-0.3, -0.25) is 9.36 Å². The van der Waals surface area contributed by atoms with Crippen LogP contribution in [0.4, 0.5) is 20.4 Å². The number of ketones is 1. The number of halogens is 3. The van der Waals surface area contributed by atoms with Crippen molar-refractivity contribution in [1.82, 2.24) is 19.5 Å². The number of nitrogens with zero attached hydrogens (tertiary/aromatic N) is 4. The molecule has 1 saturated carbocycles. The zero-order valence-corrected chi connectivity index (χ0v) is 20.5. The van der Waals surface area contributed by atoms with Crippen molar-refractivity contribution >= 4 is 40.2 Å². The number of fused-ring (bicyclic) bond motifs is 1. The highest BCUT2D eigenvalue weighted by Gasteiger charge is 2.20. The Balaban J connectivity index is 1.64. The summed E-state index contributed by atoms with van der Waals surface area (Å²) in [5, 5.41) is 3.43. The average molecular weight is 504 g/mol. The first kappa shape index (κ1) is 25.0. The van der Waals surface area contributed by atoms with E-state index in [1.54, 1.807) is 17.8 Å². The number of carbonyl (C=O) groups excluding carboxylic acids is 1. The molecule has 0 unspecified atom stereocenters. The number of alkyl halides is 2. The van der Waals surface area contributed by atoms with Gasteiger partial charge in [0.25, 0.3) is 6.43 Å². The zero-order chi connectivity index (χ0) is 24.9. The molecule has 1 fully saturated rings. The molecule has 3 aromatic heterocycles. The van der Waals surface area contributed by atoms with Gasteiger partial charge in [-0.15, -0.1) is 0 Å². The van der Waals surface area contributed by atoms with Crippen molar-refractivity contribution in [1.29, 1.82) is 0 Å². The minimum atomic E-state index is -2.70. The minimum absolute atomic E-state index is 0.0956. The van der Waals surface area contributed by atoms with Gasteiger partial charge in [-0.1, -0.05) is 49.8 Å². The molecule has 7 nitrogen and oxygen atoms in total. The molecule has 0 atom stereocenters. The van der Waals surface area contributed by atoms with Gasteiger partial charge in [0.2, 0.25) is 11.8 Å². The van der Waals surface area contributed by atoms with E-state index in [0.29, 0.717) is 28.7 Å². The number of hydrogen-bond acceptors (Lipinski definition) is 6. The molecule has 35 heavy (non-hydrogen) atoms. The van der Waals surface area contributed by atoms with E-state index in [9.17, 15) is 13.6 Å². The molecule has 3 aromatic rings. The summed E-state index contributed by atoms with van der Waals surface area (Å²) in [6.07, 6.45) is 9.10. The van der Waals surface area contributed by atoms with Crippen LogP contribution in [-0.4, -0.2) is 38.3 Å². The Morgan fingerprint density at radius 2 is 2.09 bits per heavy atom. The van der Waals surface area contributed by atoms with Crippen molar-refractivity contribution in [2.24, 2.45) is 13.0 Å². The summed E-state index contributed by atoms with van der Waals surface area (Å²) in [5.41, 5.74) is 2.34. The van der Waals surface area contributed by atoms with Crippen LogP contribution in [0.15, 0.2) is 30.5 Å². The predicted molar refractivity (Wildman–Crippen MR) is 132 cm³/mol. The van der Waals surface area contributed by atoms with E-state index in [-0.39, 0.29) is 22.4 Å². The largest absolute Gasteiger partial charge is 0.471 e. The van der Waals surface area contributed by atoms with Crippen molar-refractivity contribution in [2.75, 3.05) is 11.9 Å². The van der Waals surface area contributed by atoms with Crippen molar-refractivity contribution in [3.8, 4) is 5.88 Å². The van der Waals surface area contributed by atoms with E-state index in [0.717, 1.165) is 12.0 Å². The van der Waals surface area contributed by atoms with Crippen LogP contribution in [-0.2, 0) is 7.05 Å². The number of nitrogens with one attached hydrogen (secondary N) is 1. The van der Waals surface area contributed by atoms with Crippen LogP contribution in [0.1, 0.15) is 54.4 Å². The van der Waals surface area contributed by atoms with Gasteiger partial charge >= 0.3 is 0 Å². The molecule has 3 heterocycles. The van der Waals surface area contributed by atoms with Crippen molar-refractivity contribution < 1.29 is 18.3 Å². The van der Waals surface area contributed by atoms with Gasteiger partial charge in [0, 0.05) is 13.2 Å². The van der Waals surface area contributed by atoms with Gasteiger partial charge in [-0.05, 0) is 43.0 Å². The molecule has 0 aromatic carbocycles. The van der Waals surface area contributed by atoms with Gasteiger partial charge < -0.3 is 10.1 Å². The number of aryl methyl sites for hydroxylation is 2. The molecule has 0 radical (unpaired) electrons. The van der Waals surface area contributed by atoms with Crippen LogP contribution in [0.25, 0.3) is 11.2 Å². The van der Waals surface area contributed by atoms with Crippen LogP contribution in [0.3, 0.4) is 0 Å². The van der Waals surface area contributed by atoms with E-state index in [4.69, 9.17) is 16.3 Å². The second-order valence-corrected chi connectivity index (χ2v) is 9.16. The highest BCUT2D eigenvalue weighted by molar-refractivity contribution is 6.32. The van der Waals surface area contributed by atoms with Crippen LogP contribution in [0, 0.1) is 12.8 Å². The first-order valence-electron chi connectivity index (χ1n) is 11.7. The molecule has 0 spiro atoms. The van der Waals surface area contributed by atoms with Crippen LogP contribution in [0.2, 0.25) is 5.15 Å². The monoisotopic (exact) mass is 503 g/mol. The van der Waals surface area contributed by atoms with Crippen LogP contribution >= 0.6 is 11.6 Å². The van der Waals surface area contributed by atoms with E-state index >= 15 is 0 Å². The second-order valence-electron chi connectivity index (χ2n) is 8.81. The maximum Gasteiger partial charge on any atom is 0.272 e. The number of ether oxygens (including phenoxy) is 1. The summed E-state index contributed by atoms with van der Waals surface area (Å²) in [6, 6.07) is 3.33. The molecule has 1 N–H and O–H groups in total. The van der Waals surface area contributed by atoms with Crippen molar-refractivity contribution in [3.63, 3.8) is 0 Å². The lowest BCUT2D eigenvalue weighted by Crippen LogP contribution is -2.12. The Hall–Kier alpha value is -3.07. The summed E-state index contributed by atoms with van der Waals surface area (Å²) >= 11 is 6.23. The summed E-state index contributed by atoms with van der Waals surface area (Å²) in [4.78, 5) is 26.0. The molecule has 186 valence electrons. The van der Waals surface area contributed by atoms with E-state index < -0.39 is 13.0 Å². The molecule has 4 rings (SSSR count). The zero-order valence-electron chi connectivity index (χ0n) is 19.7. The van der Waals surface area contributed by atoms with Gasteiger partial charge in [0.05, 0.1) is 11.3 Å². The van der Waals surface area contributed by atoms with Crippen LogP contribution in [0.5, 0.6) is 5.88 Å². The first-order valence-corrected chi connectivity index (χ1v) is 12.1. The lowest BCUT2D eigenvalue weighted by Gasteiger charge is -2.19. The highest BCUT2D eigenvalue weighted by Crippen LogP contribution is 2.30. The smallest absolute Gasteiger partial charge is 0.272 e. The van der Waals surface area contributed by atoms with Gasteiger partial charge in [-0.25, -0.2) is 18.7 Å². The van der Waals surface area contributed by atoms with Gasteiger partial charge in [0.1, 0.15) is 5.52 Å². The maximum absolute atomic E-state index is 13.0. The number of aromatic nitrogens is 4. The number of pyridine rings is 2. The average Bonchev–Trinajstić information content (AvgIpc) is 3.14. The number of allylic oxidation sites excluding steroid dienone is 2. The van der Waals surface area contributed by atoms with Gasteiger partial charge in [-0.2, -0.15) is 4.98 Å². The molecule has 0 aliphatic heterocycles. The fourth-order valence-electron chi connectivity index (χ4n) is 4.30. The molecule has 1 aliphatic rings. The Kier molecular flexibility index (Phi) is 7.95. The highest BCUT2D eigenvalue weighted by atomic mass is 35.5. The first-order chi connectivity index (χ1) is 16.8. The Labute approximate surface area is 207 Å². The fraction of sp³-hybridized carbons (Fsp3) is 0.440. The van der Waals surface area contributed by atoms with E-state index in [1.807, 2.05) is 19.1 Å². The summed E-state index contributed by atoms with van der Waals surface area (Å²) in [6.45, 7) is 1.02. The van der Waals surface area contributed by atoms with E-state index in [1.165, 1.54) is 44.2 Å². The molecule has 1 aliphatic carbocycles. The molecule has 10 heteroatoms. The number of carbonyl (C=O) groups is 1. The minimum Gasteiger partial charge on any atom is -0.471 e. The van der Waals surface area contributed by atoms with Crippen LogP contribution < -0.4 is 10.1 Å². The number of imidazole rings is 1. The SMILES string of the molecule is Cc1ccnc(Cl)c1Nc1nc2cc(C(=O)C=CCC3CCCCC3)c(OCC(F)F)nc2n1C. The van der Waals surface area contributed by atoms with Crippen molar-refractivity contribution in [2.45, 2.75) is 51.9 Å². The molecule has 0 amide bonds. The molecular weight excluding hydrogens is 476 g/mol. The molecule has 0 saturated heterocycles. The summed E-state index contributed by atoms with van der Waals surface area (Å²) in [5.74, 6) is 0.485. The second kappa shape index (κ2) is 11.1. The van der Waals surface area contributed by atoms with Crippen molar-refractivity contribution in [3.05, 3.63) is 46.8 Å². The Morgan fingerprint density at radius 1 is 1.31 bits per heavy atom. The Morgan fingerprint density at radius 3 is 2.80 bits per heavy atom. The normalized spacial score (nSPS) is 14.8. The third kappa shape index (κ3) is 5.96. The third-order valence-electron chi connectivity index (χ3n) is 6.23. The molecule has 0 bridgehead atoms. The fourth-order valence-corrected chi connectivity index (χ4v) is 4.56. The standard InChI is InChI=1S/C25H28ClF2N5O2/c1-15-11-12-29-22(26)21(15)31-25-30-18-13-17(19(34)10-6-9-16-7-4-3-5-8-16)24(35-14-20(27)28)32-23(18)33(25)2/h6,10-13,16,20H,3-5,7-9,14H2,1-2H3,(H,30,31). The topological polar surface area (TPSA) is 81.9 Å². The maximum atomic E-state index is 13.0. The van der Waals surface area contributed by atoms with E-state index in [2.05, 4.69) is 20.3 Å². The summed E-state index contributed by atoms with van der Waals surface area (Å²) in [7, 11) is 1.72. The third-order valence-corrected chi connectivity index (χ3v) is 6.52. The number of hydrogen-bond donors (Lipinski definition) is 1. The Bertz CT molecular complexity index is 1220.